The highest BCUT2D eigenvalue weighted by molar-refractivity contribution is 7.92. The number of hydrogen-bond acceptors (Lipinski definition) is 8. The van der Waals surface area contributed by atoms with Crippen LogP contribution in [0.5, 0.6) is 5.75 Å². The van der Waals surface area contributed by atoms with Gasteiger partial charge in [0.05, 0.1) is 28.6 Å². The predicted octanol–water partition coefficient (Wildman–Crippen LogP) is 3.62. The third kappa shape index (κ3) is 5.39. The van der Waals surface area contributed by atoms with E-state index in [-0.39, 0.29) is 41.9 Å². The summed E-state index contributed by atoms with van der Waals surface area (Å²) in [7, 11) is -7.28. The van der Waals surface area contributed by atoms with E-state index < -0.39 is 37.0 Å². The lowest BCUT2D eigenvalue weighted by atomic mass is 9.71. The fourth-order valence-electron chi connectivity index (χ4n) is 4.96. The number of rotatable bonds is 5. The summed E-state index contributed by atoms with van der Waals surface area (Å²) in [6.07, 6.45) is -1.57. The number of ether oxygens (including phenoxy) is 1. The van der Waals surface area contributed by atoms with Crippen LogP contribution in [-0.4, -0.2) is 58.0 Å². The maximum absolute atomic E-state index is 13.7. The van der Waals surface area contributed by atoms with E-state index in [1.54, 1.807) is 11.0 Å². The van der Waals surface area contributed by atoms with E-state index in [0.717, 1.165) is 12.1 Å². The van der Waals surface area contributed by atoms with Crippen LogP contribution in [0, 0.1) is 0 Å². The highest BCUT2D eigenvalue weighted by Crippen LogP contribution is 2.48. The molecular formula is C25H25F3N4O5S2. The summed E-state index contributed by atoms with van der Waals surface area (Å²) >= 11 is 0. The molecule has 39 heavy (non-hydrogen) atoms. The van der Waals surface area contributed by atoms with Crippen molar-refractivity contribution in [1.82, 2.24) is 9.97 Å². The lowest BCUT2D eigenvalue weighted by Crippen LogP contribution is -2.42. The molecule has 2 aliphatic heterocycles. The highest BCUT2D eigenvalue weighted by atomic mass is 32.2. The molecule has 0 bridgehead atoms. The lowest BCUT2D eigenvalue weighted by Gasteiger charge is -2.40. The first-order valence-corrected chi connectivity index (χ1v) is 15.3. The molecule has 1 atom stereocenters. The smallest absolute Gasteiger partial charge is 0.416 e. The topological polar surface area (TPSA) is 119 Å². The number of sulfone groups is 1. The van der Waals surface area contributed by atoms with Gasteiger partial charge in [-0.3, -0.25) is 4.72 Å². The summed E-state index contributed by atoms with van der Waals surface area (Å²) in [5.41, 5.74) is -0.180. The van der Waals surface area contributed by atoms with Crippen molar-refractivity contribution in [3.05, 3.63) is 71.7 Å². The van der Waals surface area contributed by atoms with E-state index in [0.29, 0.717) is 29.0 Å². The first kappa shape index (κ1) is 27.2. The Bertz CT molecular complexity index is 1600. The molecule has 208 valence electrons. The van der Waals surface area contributed by atoms with Crippen molar-refractivity contribution in [3.8, 4) is 5.75 Å². The average molecular weight is 583 g/mol. The van der Waals surface area contributed by atoms with Gasteiger partial charge < -0.3 is 9.64 Å². The number of aromatic nitrogens is 2. The van der Waals surface area contributed by atoms with Crippen LogP contribution in [0.2, 0.25) is 0 Å². The van der Waals surface area contributed by atoms with Gasteiger partial charge in [0.15, 0.2) is 9.84 Å². The molecule has 1 saturated heterocycles. The Morgan fingerprint density at radius 2 is 1.77 bits per heavy atom. The summed E-state index contributed by atoms with van der Waals surface area (Å²) in [4.78, 5) is 9.23. The SMILES string of the molecule is C[C@@]1(c2ccc(C(F)(F)F)cc2N2CCS(=O)(=O)CC2)CCOc2cc(S(=O)(=O)Nc3ccncn3)ccc21. The lowest BCUT2D eigenvalue weighted by molar-refractivity contribution is -0.137. The van der Waals surface area contributed by atoms with Gasteiger partial charge in [-0.2, -0.15) is 13.2 Å². The number of sulfonamides is 1. The van der Waals surface area contributed by atoms with Crippen LogP contribution in [0.25, 0.3) is 0 Å². The van der Waals surface area contributed by atoms with Gasteiger partial charge in [-0.05, 0) is 36.2 Å². The summed E-state index contributed by atoms with van der Waals surface area (Å²) in [6.45, 7) is 2.21. The molecule has 0 spiro atoms. The Morgan fingerprint density at radius 3 is 2.44 bits per heavy atom. The molecule has 2 aliphatic rings. The van der Waals surface area contributed by atoms with Gasteiger partial charge in [0.1, 0.15) is 17.9 Å². The third-order valence-corrected chi connectivity index (χ3v) is 10.1. The largest absolute Gasteiger partial charge is 0.493 e. The number of fused-ring (bicyclic) bond motifs is 1. The van der Waals surface area contributed by atoms with Crippen LogP contribution in [0.1, 0.15) is 30.0 Å². The molecule has 0 radical (unpaired) electrons. The molecular weight excluding hydrogens is 557 g/mol. The van der Waals surface area contributed by atoms with Crippen LogP contribution in [0.15, 0.2) is 59.9 Å². The third-order valence-electron chi connectivity index (χ3n) is 7.14. The summed E-state index contributed by atoms with van der Waals surface area (Å²) in [5, 5.41) is 0. The van der Waals surface area contributed by atoms with Gasteiger partial charge in [-0.15, -0.1) is 0 Å². The molecule has 3 aromatic rings. The number of alkyl halides is 3. The van der Waals surface area contributed by atoms with Gasteiger partial charge in [-0.25, -0.2) is 26.8 Å². The van der Waals surface area contributed by atoms with Crippen molar-refractivity contribution in [2.75, 3.05) is 40.8 Å². The molecule has 1 fully saturated rings. The van der Waals surface area contributed by atoms with Crippen molar-refractivity contribution in [1.29, 1.82) is 0 Å². The van der Waals surface area contributed by atoms with Crippen LogP contribution in [0.4, 0.5) is 24.7 Å². The Balaban J connectivity index is 1.57. The van der Waals surface area contributed by atoms with Gasteiger partial charge in [0.25, 0.3) is 10.0 Å². The molecule has 9 nitrogen and oxygen atoms in total. The number of anilines is 2. The molecule has 14 heteroatoms. The van der Waals surface area contributed by atoms with Gasteiger partial charge in [0.2, 0.25) is 0 Å². The van der Waals surface area contributed by atoms with Crippen molar-refractivity contribution in [2.45, 2.75) is 29.8 Å². The van der Waals surface area contributed by atoms with Crippen molar-refractivity contribution < 1.29 is 34.7 Å². The zero-order valence-electron chi connectivity index (χ0n) is 20.8. The van der Waals surface area contributed by atoms with Crippen LogP contribution >= 0.6 is 0 Å². The number of benzene rings is 2. The first-order valence-electron chi connectivity index (χ1n) is 12.0. The molecule has 0 saturated carbocycles. The van der Waals surface area contributed by atoms with Crippen LogP contribution < -0.4 is 14.4 Å². The Kier molecular flexibility index (Phi) is 6.74. The second kappa shape index (κ2) is 9.66. The van der Waals surface area contributed by atoms with E-state index in [9.17, 15) is 30.0 Å². The normalized spacial score (nSPS) is 21.1. The zero-order valence-corrected chi connectivity index (χ0v) is 22.4. The molecule has 0 unspecified atom stereocenters. The summed E-state index contributed by atoms with van der Waals surface area (Å²) in [5.74, 6) is 0.0760. The molecule has 2 aromatic carbocycles. The molecule has 5 rings (SSSR count). The number of nitrogens with zero attached hydrogens (tertiary/aromatic N) is 3. The fourth-order valence-corrected chi connectivity index (χ4v) is 7.19. The van der Waals surface area contributed by atoms with E-state index in [1.807, 2.05) is 6.92 Å². The predicted molar refractivity (Wildman–Crippen MR) is 138 cm³/mol. The van der Waals surface area contributed by atoms with E-state index in [1.165, 1.54) is 36.8 Å². The number of hydrogen-bond donors (Lipinski definition) is 1. The average Bonchev–Trinajstić information content (AvgIpc) is 2.88. The number of nitrogens with one attached hydrogen (secondary N) is 1. The minimum absolute atomic E-state index is 0.0713. The minimum atomic E-state index is -4.58. The molecule has 3 heterocycles. The van der Waals surface area contributed by atoms with Crippen molar-refractivity contribution in [2.24, 2.45) is 0 Å². The maximum atomic E-state index is 13.7. The highest BCUT2D eigenvalue weighted by Gasteiger charge is 2.40. The Morgan fingerprint density at radius 1 is 1.05 bits per heavy atom. The number of halogens is 3. The standard InChI is InChI=1S/C25H25F3N4O5S2/c1-24(19-4-2-17(25(26,27)28)14-21(19)32-9-12-38(33,34)13-10-32)7-11-37-22-15-18(3-5-20(22)24)39(35,36)31-23-6-8-29-16-30-23/h2-6,8,14-16H,7,9-13H2,1H3,(H,29,30,31)/t24-/m0/s1. The summed E-state index contributed by atoms with van der Waals surface area (Å²) in [6, 6.07) is 9.31. The maximum Gasteiger partial charge on any atom is 0.416 e. The first-order chi connectivity index (χ1) is 18.3. The molecule has 0 aliphatic carbocycles. The van der Waals surface area contributed by atoms with Crippen LogP contribution in [0.3, 0.4) is 0 Å². The van der Waals surface area contributed by atoms with Crippen molar-refractivity contribution >= 4 is 31.4 Å². The quantitative estimate of drug-likeness (QED) is 0.485. The molecule has 0 amide bonds. The van der Waals surface area contributed by atoms with Crippen LogP contribution in [-0.2, 0) is 31.5 Å². The monoisotopic (exact) mass is 582 g/mol. The van der Waals surface area contributed by atoms with Crippen molar-refractivity contribution in [3.63, 3.8) is 0 Å². The van der Waals surface area contributed by atoms with Gasteiger partial charge in [-0.1, -0.05) is 19.1 Å². The Hall–Kier alpha value is -3.39. The minimum Gasteiger partial charge on any atom is -0.493 e. The second-order valence-corrected chi connectivity index (χ2v) is 13.6. The van der Waals surface area contributed by atoms with E-state index in [2.05, 4.69) is 14.7 Å². The van der Waals surface area contributed by atoms with E-state index in [4.69, 9.17) is 4.74 Å². The summed E-state index contributed by atoms with van der Waals surface area (Å²) < 4.78 is 99.2. The molecule has 1 N–H and O–H groups in total. The fraction of sp³-hybridized carbons (Fsp3) is 0.360. The van der Waals surface area contributed by atoms with Gasteiger partial charge >= 0.3 is 6.18 Å². The van der Waals surface area contributed by atoms with E-state index >= 15 is 0 Å². The Labute approximate surface area is 224 Å². The zero-order chi connectivity index (χ0) is 28.1. The van der Waals surface area contributed by atoms with Gasteiger partial charge in [0, 0.05) is 42.0 Å². The molecule has 1 aromatic heterocycles. The second-order valence-electron chi connectivity index (χ2n) is 9.66.